The summed E-state index contributed by atoms with van der Waals surface area (Å²) in [6.45, 7) is -2.09. The van der Waals surface area contributed by atoms with Gasteiger partial charge in [0.05, 0.1) is 13.2 Å². The van der Waals surface area contributed by atoms with Crippen molar-refractivity contribution in [2.24, 2.45) is 0 Å². The highest BCUT2D eigenvalue weighted by Gasteiger charge is 2.37. The average molecular weight is 245 g/mol. The summed E-state index contributed by atoms with van der Waals surface area (Å²) in [6.07, 6.45) is -4.51. The maximum absolute atomic E-state index is 12.1. The Hall–Kier alpha value is -0.860. The molecule has 5 nitrogen and oxygen atoms in total. The minimum Gasteiger partial charge on any atom is -0.479 e. The molecule has 0 radical (unpaired) electrons. The topological polar surface area (TPSA) is 81.0 Å². The lowest BCUT2D eigenvalue weighted by Gasteiger charge is -2.28. The maximum atomic E-state index is 12.1. The molecule has 1 atom stereocenters. The van der Waals surface area contributed by atoms with Gasteiger partial charge in [-0.25, -0.2) is 4.79 Å². The van der Waals surface area contributed by atoms with Crippen molar-refractivity contribution in [2.75, 3.05) is 26.2 Å². The van der Waals surface area contributed by atoms with E-state index in [1.165, 1.54) is 0 Å². The molecule has 0 heterocycles. The molecule has 3 N–H and O–H groups in total. The van der Waals surface area contributed by atoms with Crippen LogP contribution in [0.3, 0.4) is 0 Å². The number of hydrogen-bond acceptors (Lipinski definition) is 4. The number of carboxylic acid groups (broad SMARTS) is 1. The number of aliphatic hydroxyl groups excluding tert-OH is 1. The number of aliphatic hydroxyl groups is 2. The third-order valence-electron chi connectivity index (χ3n) is 1.81. The number of rotatable bonds is 6. The molecule has 0 amide bonds. The van der Waals surface area contributed by atoms with E-state index in [-0.39, 0.29) is 6.54 Å². The van der Waals surface area contributed by atoms with E-state index in [9.17, 15) is 23.1 Å². The van der Waals surface area contributed by atoms with Crippen LogP contribution in [-0.4, -0.2) is 64.2 Å². The van der Waals surface area contributed by atoms with E-state index in [1.807, 2.05) is 0 Å². The van der Waals surface area contributed by atoms with Crippen molar-refractivity contribution in [3.8, 4) is 0 Å². The predicted molar refractivity (Wildman–Crippen MR) is 47.8 cm³/mol. The molecule has 16 heavy (non-hydrogen) atoms. The van der Waals surface area contributed by atoms with E-state index < -0.39 is 37.4 Å². The summed E-state index contributed by atoms with van der Waals surface area (Å²) in [5, 5.41) is 26.4. The molecule has 0 aliphatic heterocycles. The molecule has 0 aliphatic carbocycles. The molecule has 0 saturated carbocycles. The van der Waals surface area contributed by atoms with Crippen molar-refractivity contribution in [3.05, 3.63) is 0 Å². The summed E-state index contributed by atoms with van der Waals surface area (Å²) in [4.78, 5) is 11.1. The summed E-state index contributed by atoms with van der Waals surface area (Å²) in [6, 6.07) is 0. The Morgan fingerprint density at radius 2 is 1.81 bits per heavy atom. The van der Waals surface area contributed by atoms with Crippen LogP contribution in [0.5, 0.6) is 0 Å². The second-order valence-electron chi connectivity index (χ2n) is 3.63. The first-order chi connectivity index (χ1) is 7.08. The lowest BCUT2D eigenvalue weighted by molar-refractivity contribution is -0.168. The molecular weight excluding hydrogens is 231 g/mol. The number of halogens is 3. The van der Waals surface area contributed by atoms with Gasteiger partial charge in [-0.15, -0.1) is 0 Å². The second kappa shape index (κ2) is 5.46. The van der Waals surface area contributed by atoms with Crippen LogP contribution in [0.25, 0.3) is 0 Å². The van der Waals surface area contributed by atoms with Gasteiger partial charge in [0.2, 0.25) is 0 Å². The number of alkyl halides is 3. The van der Waals surface area contributed by atoms with Crippen molar-refractivity contribution < 1.29 is 33.3 Å². The average Bonchev–Trinajstić information content (AvgIpc) is 1.99. The van der Waals surface area contributed by atoms with Gasteiger partial charge in [-0.2, -0.15) is 13.2 Å². The maximum Gasteiger partial charge on any atom is 0.401 e. The lowest BCUT2D eigenvalue weighted by atomic mass is 10.1. The monoisotopic (exact) mass is 245 g/mol. The van der Waals surface area contributed by atoms with Crippen LogP contribution in [0.15, 0.2) is 0 Å². The van der Waals surface area contributed by atoms with Crippen LogP contribution < -0.4 is 0 Å². The number of hydrogen-bond donors (Lipinski definition) is 3. The van der Waals surface area contributed by atoms with Gasteiger partial charge in [0.25, 0.3) is 0 Å². The smallest absolute Gasteiger partial charge is 0.401 e. The first-order valence-electron chi connectivity index (χ1n) is 4.44. The van der Waals surface area contributed by atoms with Crippen molar-refractivity contribution in [3.63, 3.8) is 0 Å². The molecular formula is C8H14F3NO4. The normalized spacial score (nSPS) is 16.2. The fourth-order valence-corrected chi connectivity index (χ4v) is 1.11. The van der Waals surface area contributed by atoms with E-state index in [0.717, 1.165) is 6.92 Å². The van der Waals surface area contributed by atoms with Crippen LogP contribution >= 0.6 is 0 Å². The Bertz CT molecular complexity index is 242. The molecule has 0 aliphatic rings. The first-order valence-corrected chi connectivity index (χ1v) is 4.44. The van der Waals surface area contributed by atoms with E-state index in [0.29, 0.717) is 4.90 Å². The summed E-state index contributed by atoms with van der Waals surface area (Å²) >= 11 is 0. The Morgan fingerprint density at radius 3 is 2.12 bits per heavy atom. The third kappa shape index (κ3) is 5.89. The van der Waals surface area contributed by atoms with E-state index in [4.69, 9.17) is 10.2 Å². The van der Waals surface area contributed by atoms with Gasteiger partial charge in [-0.05, 0) is 6.92 Å². The third-order valence-corrected chi connectivity index (χ3v) is 1.81. The van der Waals surface area contributed by atoms with Gasteiger partial charge in [0.1, 0.15) is 0 Å². The van der Waals surface area contributed by atoms with Crippen molar-refractivity contribution in [2.45, 2.75) is 18.7 Å². The second-order valence-corrected chi connectivity index (χ2v) is 3.63. The number of aliphatic carboxylic acids is 1. The highest BCUT2D eigenvalue weighted by Crippen LogP contribution is 2.18. The Morgan fingerprint density at radius 1 is 1.31 bits per heavy atom. The minimum atomic E-state index is -4.51. The van der Waals surface area contributed by atoms with E-state index in [2.05, 4.69) is 0 Å². The first kappa shape index (κ1) is 15.1. The summed E-state index contributed by atoms with van der Waals surface area (Å²) < 4.78 is 36.2. The van der Waals surface area contributed by atoms with Crippen LogP contribution in [0.1, 0.15) is 6.92 Å². The molecule has 0 saturated heterocycles. The van der Waals surface area contributed by atoms with Crippen LogP contribution in [0.2, 0.25) is 0 Å². The molecule has 0 aromatic rings. The molecule has 0 rings (SSSR count). The van der Waals surface area contributed by atoms with Gasteiger partial charge < -0.3 is 15.3 Å². The fraction of sp³-hybridized carbons (Fsp3) is 0.875. The van der Waals surface area contributed by atoms with E-state index in [1.54, 1.807) is 0 Å². The standard InChI is InChI=1S/C8H14F3NO4/c1-7(16,6(14)15)4-12(2-3-13)5-8(9,10)11/h13,16H,2-5H2,1H3,(H,14,15). The largest absolute Gasteiger partial charge is 0.479 e. The molecule has 1 unspecified atom stereocenters. The van der Waals surface area contributed by atoms with Crippen LogP contribution in [0, 0.1) is 0 Å². The van der Waals surface area contributed by atoms with Crippen LogP contribution in [-0.2, 0) is 4.79 Å². The van der Waals surface area contributed by atoms with Gasteiger partial charge in [-0.3, -0.25) is 4.90 Å². The molecule has 0 spiro atoms. The van der Waals surface area contributed by atoms with Gasteiger partial charge >= 0.3 is 12.1 Å². The highest BCUT2D eigenvalue weighted by molar-refractivity contribution is 5.76. The number of carbonyl (C=O) groups is 1. The summed E-state index contributed by atoms with van der Waals surface area (Å²) in [7, 11) is 0. The van der Waals surface area contributed by atoms with Gasteiger partial charge in [-0.1, -0.05) is 0 Å². The molecule has 0 bridgehead atoms. The minimum absolute atomic E-state index is 0.358. The zero-order chi connectivity index (χ0) is 13.0. The van der Waals surface area contributed by atoms with Crippen molar-refractivity contribution in [1.82, 2.24) is 4.90 Å². The SMILES string of the molecule is CC(O)(CN(CCO)CC(F)(F)F)C(=O)O. The van der Waals surface area contributed by atoms with E-state index >= 15 is 0 Å². The quantitative estimate of drug-likeness (QED) is 0.597. The Labute approximate surface area is 90.1 Å². The van der Waals surface area contributed by atoms with Crippen LogP contribution in [0.4, 0.5) is 13.2 Å². The molecule has 0 aromatic heterocycles. The predicted octanol–water partition coefficient (Wildman–Crippen LogP) is -0.321. The number of carboxylic acids is 1. The Balaban J connectivity index is 4.50. The molecule has 0 aromatic carbocycles. The summed E-state index contributed by atoms with van der Waals surface area (Å²) in [5.41, 5.74) is -2.28. The van der Waals surface area contributed by atoms with Gasteiger partial charge in [0.15, 0.2) is 5.60 Å². The molecule has 96 valence electrons. The van der Waals surface area contributed by atoms with Gasteiger partial charge in [0, 0.05) is 13.1 Å². The number of nitrogens with zero attached hydrogens (tertiary/aromatic N) is 1. The summed E-state index contributed by atoms with van der Waals surface area (Å²) in [5.74, 6) is -1.61. The zero-order valence-electron chi connectivity index (χ0n) is 8.66. The zero-order valence-corrected chi connectivity index (χ0v) is 8.66. The Kier molecular flexibility index (Phi) is 5.17. The molecule has 0 fully saturated rings. The molecule has 8 heteroatoms. The lowest BCUT2D eigenvalue weighted by Crippen LogP contribution is -2.49. The highest BCUT2D eigenvalue weighted by atomic mass is 19.4. The van der Waals surface area contributed by atoms with Crippen molar-refractivity contribution >= 4 is 5.97 Å². The van der Waals surface area contributed by atoms with Crippen molar-refractivity contribution in [1.29, 1.82) is 0 Å². The fourth-order valence-electron chi connectivity index (χ4n) is 1.11.